The number of hydrogen-bond donors (Lipinski definition) is 1. The number of benzene rings is 2. The standard InChI is InChI=1S/C17H18ClNO4S/c1-11-9-13(23-2)4-6-17(11)24(21,22)19-8-7-16(20)14-10-12(18)3-5-15(14)19/h3-6,9-10,16,20H,7-8H2,1-2H3. The van der Waals surface area contributed by atoms with Crippen LogP contribution in [0, 0.1) is 6.92 Å². The SMILES string of the molecule is COc1ccc(S(=O)(=O)N2CCC(O)c3cc(Cl)ccc32)c(C)c1. The molecule has 0 bridgehead atoms. The predicted molar refractivity (Wildman–Crippen MR) is 93.3 cm³/mol. The summed E-state index contributed by atoms with van der Waals surface area (Å²) in [6, 6.07) is 9.74. The fourth-order valence-corrected chi connectivity index (χ4v) is 4.84. The van der Waals surface area contributed by atoms with Gasteiger partial charge in [-0.3, -0.25) is 4.31 Å². The topological polar surface area (TPSA) is 66.8 Å². The van der Waals surface area contributed by atoms with E-state index in [1.165, 1.54) is 11.4 Å². The van der Waals surface area contributed by atoms with Gasteiger partial charge in [0.2, 0.25) is 0 Å². The normalized spacial score (nSPS) is 17.5. The lowest BCUT2D eigenvalue weighted by molar-refractivity contribution is 0.166. The summed E-state index contributed by atoms with van der Waals surface area (Å²) >= 11 is 5.99. The quantitative estimate of drug-likeness (QED) is 0.903. The molecule has 1 aliphatic heterocycles. The number of aryl methyl sites for hydroxylation is 1. The lowest BCUT2D eigenvalue weighted by atomic mass is 10.0. The van der Waals surface area contributed by atoms with Crippen molar-refractivity contribution >= 4 is 27.3 Å². The molecule has 0 aliphatic carbocycles. The maximum Gasteiger partial charge on any atom is 0.264 e. The first-order valence-corrected chi connectivity index (χ1v) is 9.31. The molecule has 2 aromatic carbocycles. The number of nitrogens with zero attached hydrogens (tertiary/aromatic N) is 1. The molecule has 7 heteroatoms. The molecule has 0 saturated carbocycles. The highest BCUT2D eigenvalue weighted by Gasteiger charge is 2.33. The largest absolute Gasteiger partial charge is 0.497 e. The Hall–Kier alpha value is -1.76. The highest BCUT2D eigenvalue weighted by molar-refractivity contribution is 7.92. The number of aliphatic hydroxyl groups excluding tert-OH is 1. The van der Waals surface area contributed by atoms with Crippen molar-refractivity contribution in [3.05, 3.63) is 52.5 Å². The van der Waals surface area contributed by atoms with Gasteiger partial charge in [-0.05, 0) is 55.3 Å². The molecule has 0 aromatic heterocycles. The fourth-order valence-electron chi connectivity index (χ4n) is 2.94. The molecule has 0 fully saturated rings. The number of anilines is 1. The van der Waals surface area contributed by atoms with Crippen molar-refractivity contribution in [3.63, 3.8) is 0 Å². The maximum atomic E-state index is 13.1. The minimum Gasteiger partial charge on any atom is -0.497 e. The van der Waals surface area contributed by atoms with E-state index >= 15 is 0 Å². The van der Waals surface area contributed by atoms with Crippen LogP contribution in [0.2, 0.25) is 5.02 Å². The predicted octanol–water partition coefficient (Wildman–Crippen LogP) is 3.29. The van der Waals surface area contributed by atoms with Crippen molar-refractivity contribution in [2.75, 3.05) is 18.0 Å². The average molecular weight is 368 g/mol. The van der Waals surface area contributed by atoms with Crippen LogP contribution in [-0.2, 0) is 10.0 Å². The summed E-state index contributed by atoms with van der Waals surface area (Å²) in [5, 5.41) is 10.6. The molecular formula is C17H18ClNO4S. The number of hydrogen-bond acceptors (Lipinski definition) is 4. The Balaban J connectivity index is 2.10. The zero-order valence-corrected chi connectivity index (χ0v) is 14.9. The van der Waals surface area contributed by atoms with E-state index < -0.39 is 16.1 Å². The maximum absolute atomic E-state index is 13.1. The van der Waals surface area contributed by atoms with E-state index in [2.05, 4.69) is 0 Å². The zero-order chi connectivity index (χ0) is 17.5. The lowest BCUT2D eigenvalue weighted by Crippen LogP contribution is -2.37. The summed E-state index contributed by atoms with van der Waals surface area (Å²) in [5.74, 6) is 0.604. The van der Waals surface area contributed by atoms with Gasteiger partial charge in [0.15, 0.2) is 0 Å². The fraction of sp³-hybridized carbons (Fsp3) is 0.294. The Morgan fingerprint density at radius 1 is 1.25 bits per heavy atom. The third-order valence-electron chi connectivity index (χ3n) is 4.17. The summed E-state index contributed by atoms with van der Waals surface area (Å²) in [7, 11) is -2.21. The molecule has 2 aromatic rings. The average Bonchev–Trinajstić information content (AvgIpc) is 2.55. The van der Waals surface area contributed by atoms with Gasteiger partial charge in [-0.1, -0.05) is 11.6 Å². The van der Waals surface area contributed by atoms with Crippen LogP contribution in [0.3, 0.4) is 0 Å². The molecule has 1 unspecified atom stereocenters. The van der Waals surface area contributed by atoms with Gasteiger partial charge in [0.1, 0.15) is 5.75 Å². The Morgan fingerprint density at radius 2 is 2.00 bits per heavy atom. The molecule has 24 heavy (non-hydrogen) atoms. The number of methoxy groups -OCH3 is 1. The second kappa shape index (κ2) is 6.27. The first-order chi connectivity index (χ1) is 11.3. The van der Waals surface area contributed by atoms with Crippen molar-refractivity contribution in [1.82, 2.24) is 0 Å². The Bertz CT molecular complexity index is 882. The number of fused-ring (bicyclic) bond motifs is 1. The summed E-state index contributed by atoms with van der Waals surface area (Å²) < 4.78 is 32.7. The van der Waals surface area contributed by atoms with Crippen LogP contribution in [0.4, 0.5) is 5.69 Å². The van der Waals surface area contributed by atoms with Crippen LogP contribution >= 0.6 is 11.6 Å². The summed E-state index contributed by atoms with van der Waals surface area (Å²) in [6.07, 6.45) is -0.399. The van der Waals surface area contributed by atoms with Gasteiger partial charge in [0.05, 0.1) is 23.8 Å². The molecule has 0 spiro atoms. The van der Waals surface area contributed by atoms with E-state index in [0.29, 0.717) is 34.0 Å². The molecule has 1 aliphatic rings. The van der Waals surface area contributed by atoms with E-state index in [1.807, 2.05) is 0 Å². The Labute approximate surface area is 146 Å². The van der Waals surface area contributed by atoms with Crippen LogP contribution < -0.4 is 9.04 Å². The Morgan fingerprint density at radius 3 is 2.67 bits per heavy atom. The van der Waals surface area contributed by atoms with Crippen LogP contribution in [0.5, 0.6) is 5.75 Å². The number of aliphatic hydroxyl groups is 1. The zero-order valence-electron chi connectivity index (χ0n) is 13.4. The van der Waals surface area contributed by atoms with Crippen molar-refractivity contribution in [2.45, 2.75) is 24.3 Å². The second-order valence-electron chi connectivity index (χ2n) is 5.72. The summed E-state index contributed by atoms with van der Waals surface area (Å²) in [4.78, 5) is 0.223. The van der Waals surface area contributed by atoms with Gasteiger partial charge in [0, 0.05) is 17.1 Å². The second-order valence-corrected chi connectivity index (χ2v) is 7.98. The van der Waals surface area contributed by atoms with Crippen LogP contribution in [-0.4, -0.2) is 27.2 Å². The van der Waals surface area contributed by atoms with E-state index in [9.17, 15) is 13.5 Å². The first-order valence-electron chi connectivity index (χ1n) is 7.49. The van der Waals surface area contributed by atoms with Gasteiger partial charge in [-0.15, -0.1) is 0 Å². The number of halogens is 1. The van der Waals surface area contributed by atoms with Crippen molar-refractivity contribution in [3.8, 4) is 5.75 Å². The van der Waals surface area contributed by atoms with Crippen molar-refractivity contribution in [1.29, 1.82) is 0 Å². The van der Waals surface area contributed by atoms with Gasteiger partial charge in [0.25, 0.3) is 10.0 Å². The van der Waals surface area contributed by atoms with Crippen LogP contribution in [0.1, 0.15) is 23.7 Å². The van der Waals surface area contributed by atoms with E-state index in [-0.39, 0.29) is 11.4 Å². The molecule has 1 N–H and O–H groups in total. The molecule has 1 atom stereocenters. The third-order valence-corrected chi connectivity index (χ3v) is 6.38. The molecule has 0 saturated heterocycles. The van der Waals surface area contributed by atoms with Gasteiger partial charge >= 0.3 is 0 Å². The lowest BCUT2D eigenvalue weighted by Gasteiger charge is -2.33. The molecular weight excluding hydrogens is 350 g/mol. The van der Waals surface area contributed by atoms with Crippen molar-refractivity contribution < 1.29 is 18.3 Å². The molecule has 1 heterocycles. The van der Waals surface area contributed by atoms with E-state index in [4.69, 9.17) is 16.3 Å². The highest BCUT2D eigenvalue weighted by Crippen LogP contribution is 2.39. The number of ether oxygens (including phenoxy) is 1. The first kappa shape index (κ1) is 17.1. The molecule has 5 nitrogen and oxygen atoms in total. The molecule has 0 radical (unpaired) electrons. The van der Waals surface area contributed by atoms with Crippen LogP contribution in [0.15, 0.2) is 41.3 Å². The van der Waals surface area contributed by atoms with Gasteiger partial charge in [-0.2, -0.15) is 0 Å². The summed E-state index contributed by atoms with van der Waals surface area (Å²) in [5.41, 5.74) is 1.60. The van der Waals surface area contributed by atoms with Gasteiger partial charge in [-0.25, -0.2) is 8.42 Å². The number of rotatable bonds is 3. The van der Waals surface area contributed by atoms with Crippen LogP contribution in [0.25, 0.3) is 0 Å². The van der Waals surface area contributed by atoms with E-state index in [1.54, 1.807) is 43.3 Å². The smallest absolute Gasteiger partial charge is 0.264 e. The van der Waals surface area contributed by atoms with Gasteiger partial charge < -0.3 is 9.84 Å². The van der Waals surface area contributed by atoms with E-state index in [0.717, 1.165) is 0 Å². The van der Waals surface area contributed by atoms with Crippen molar-refractivity contribution in [2.24, 2.45) is 0 Å². The monoisotopic (exact) mass is 367 g/mol. The number of sulfonamides is 1. The minimum absolute atomic E-state index is 0.212. The molecule has 128 valence electrons. The summed E-state index contributed by atoms with van der Waals surface area (Å²) in [6.45, 7) is 1.95. The minimum atomic E-state index is -3.74. The molecule has 3 rings (SSSR count). The highest BCUT2D eigenvalue weighted by atomic mass is 35.5. The Kier molecular flexibility index (Phi) is 4.46. The third kappa shape index (κ3) is 2.85. The molecule has 0 amide bonds.